The summed E-state index contributed by atoms with van der Waals surface area (Å²) in [5.74, 6) is -4.21. The van der Waals surface area contributed by atoms with Crippen LogP contribution in [0.4, 0.5) is 10.1 Å². The number of carbonyl (C=O) groups excluding carboxylic acids is 3. The van der Waals surface area contributed by atoms with Gasteiger partial charge in [-0.05, 0) is 89.9 Å². The van der Waals surface area contributed by atoms with E-state index in [-0.39, 0.29) is 110 Å². The maximum atomic E-state index is 19.3. The van der Waals surface area contributed by atoms with Crippen molar-refractivity contribution in [2.24, 2.45) is 17.8 Å². The van der Waals surface area contributed by atoms with Gasteiger partial charge in [-0.2, -0.15) is 0 Å². The number of aliphatic hydroxyl groups is 1. The molecule has 0 amide bonds. The van der Waals surface area contributed by atoms with Crippen LogP contribution in [0.25, 0.3) is 5.76 Å². The van der Waals surface area contributed by atoms with Crippen LogP contribution in [0.15, 0.2) is 162 Å². The zero-order valence-electron chi connectivity index (χ0n) is 49.7. The summed E-state index contributed by atoms with van der Waals surface area (Å²) in [6, 6.07) is 47.6. The quantitative estimate of drug-likeness (QED) is 0.0391. The molecule has 4 atom stereocenters. The highest BCUT2D eigenvalue weighted by molar-refractivity contribution is 6.74. The first-order valence-corrected chi connectivity index (χ1v) is 32.0. The topological polar surface area (TPSA) is 144 Å². The Balaban J connectivity index is 1.20. The average molecular weight is 1150 g/mol. The second kappa shape index (κ2) is 24.9. The number of ether oxygens (including phenoxy) is 3. The molecule has 1 N–H and O–H groups in total. The molecule has 15 heteroatoms. The van der Waals surface area contributed by atoms with Crippen LogP contribution in [0.2, 0.25) is 18.1 Å². The number of nitrogens with zero attached hydrogens (tertiary/aromatic N) is 4. The molecule has 1 saturated carbocycles. The van der Waals surface area contributed by atoms with Crippen LogP contribution in [-0.2, 0) is 64.6 Å². The van der Waals surface area contributed by atoms with Gasteiger partial charge < -0.3 is 33.2 Å². The number of halogens is 1. The van der Waals surface area contributed by atoms with E-state index < -0.39 is 65.9 Å². The molecule has 1 heterocycles. The highest BCUT2D eigenvalue weighted by Gasteiger charge is 2.69. The summed E-state index contributed by atoms with van der Waals surface area (Å²) in [6.07, 6.45) is 0.0728. The van der Waals surface area contributed by atoms with Crippen LogP contribution in [0.1, 0.15) is 108 Å². The summed E-state index contributed by atoms with van der Waals surface area (Å²) >= 11 is 0. The molecule has 1 fully saturated rings. The molecule has 1 aromatic heterocycles. The van der Waals surface area contributed by atoms with Gasteiger partial charge in [0.2, 0.25) is 11.6 Å². The predicted octanol–water partition coefficient (Wildman–Crippen LogP) is 13.7. The monoisotopic (exact) mass is 1150 g/mol. The fraction of sp³-hybridized carbons (Fsp3) is 0.362. The van der Waals surface area contributed by atoms with Crippen molar-refractivity contribution in [2.45, 2.75) is 117 Å². The van der Waals surface area contributed by atoms with Crippen molar-refractivity contribution in [3.8, 4) is 11.6 Å². The van der Waals surface area contributed by atoms with E-state index in [9.17, 15) is 9.90 Å². The summed E-state index contributed by atoms with van der Waals surface area (Å²) in [4.78, 5) is 52.8. The van der Waals surface area contributed by atoms with Gasteiger partial charge in [0.15, 0.2) is 25.4 Å². The number of esters is 1. The third-order valence-corrected chi connectivity index (χ3v) is 21.5. The second-order valence-electron chi connectivity index (χ2n) is 24.8. The molecule has 10 rings (SSSR count). The van der Waals surface area contributed by atoms with Crippen molar-refractivity contribution in [1.29, 1.82) is 0 Å². The van der Waals surface area contributed by atoms with Gasteiger partial charge in [-0.3, -0.25) is 24.2 Å². The number of anilines is 1. The standard InChI is InChI=1S/C69H77FN4O9Si/c1-45(2)37-73(41-55(75)79-42-48-29-19-12-20-30-48)40-53-59(70)52-35-51-36-54-61(72(6)7)64-58(67(71-82-64)81-44-50-33-23-14-24-34-50)66(78)69(54,83-84(8,9)68(3,4)5)65(77)56(51)62(76)57(52)63(80-43-49-31-21-13-22-32-49)60(53)74(38-46-25-15-10-16-26-46)39-47-27-17-11-18-28-47/h10-34,45,51,54,61,76H,35-44H2,1-9H3/t51-,54-,61-,69?/m0/s1. The van der Waals surface area contributed by atoms with Gasteiger partial charge in [0.1, 0.15) is 37.0 Å². The highest BCUT2D eigenvalue weighted by atomic mass is 28.4. The van der Waals surface area contributed by atoms with Crippen LogP contribution in [0, 0.1) is 23.6 Å². The largest absolute Gasteiger partial charge is 0.507 e. The van der Waals surface area contributed by atoms with Crippen LogP contribution in [0.3, 0.4) is 0 Å². The molecule has 3 aliphatic rings. The van der Waals surface area contributed by atoms with E-state index in [2.05, 4.69) is 44.7 Å². The van der Waals surface area contributed by atoms with Gasteiger partial charge in [-0.15, -0.1) is 0 Å². The first-order valence-electron chi connectivity index (χ1n) is 29.1. The molecule has 13 nitrogen and oxygen atoms in total. The molecule has 1 unspecified atom stereocenters. The number of fused-ring (bicyclic) bond motifs is 4. The number of aliphatic hydroxyl groups excluding tert-OH is 1. The molecule has 0 aliphatic heterocycles. The molecule has 0 spiro atoms. The zero-order valence-corrected chi connectivity index (χ0v) is 50.7. The third-order valence-electron chi connectivity index (χ3n) is 17.0. The second-order valence-corrected chi connectivity index (χ2v) is 29.5. The molecule has 0 radical (unpaired) electrons. The van der Waals surface area contributed by atoms with E-state index in [0.717, 1.165) is 27.8 Å². The van der Waals surface area contributed by atoms with Gasteiger partial charge >= 0.3 is 5.97 Å². The maximum Gasteiger partial charge on any atom is 0.320 e. The molecule has 0 bridgehead atoms. The Labute approximate surface area is 494 Å². The number of Topliss-reactive ketones (excluding diaryl/α,β-unsaturated/α-hetero) is 2. The number of hydrogen-bond acceptors (Lipinski definition) is 13. The van der Waals surface area contributed by atoms with E-state index in [1.165, 1.54) is 0 Å². The molecule has 0 saturated heterocycles. The Morgan fingerprint density at radius 1 is 0.738 bits per heavy atom. The summed E-state index contributed by atoms with van der Waals surface area (Å²) in [5.41, 5.74) is 2.87. The Morgan fingerprint density at radius 2 is 1.25 bits per heavy atom. The van der Waals surface area contributed by atoms with Crippen LogP contribution in [-0.4, -0.2) is 78.7 Å². The summed E-state index contributed by atoms with van der Waals surface area (Å²) in [6.45, 7) is 15.2. The van der Waals surface area contributed by atoms with Crippen molar-refractivity contribution >= 4 is 37.3 Å². The maximum absolute atomic E-state index is 19.3. The van der Waals surface area contributed by atoms with Crippen molar-refractivity contribution in [2.75, 3.05) is 32.1 Å². The Hall–Kier alpha value is -7.69. The molecular weight excluding hydrogens is 1080 g/mol. The number of aromatic nitrogens is 1. The highest BCUT2D eigenvalue weighted by Crippen LogP contribution is 2.60. The van der Waals surface area contributed by atoms with Gasteiger partial charge in [-0.25, -0.2) is 4.39 Å². The van der Waals surface area contributed by atoms with Crippen molar-refractivity contribution < 1.29 is 47.0 Å². The lowest BCUT2D eigenvalue weighted by atomic mass is 9.57. The number of carbonyl (C=O) groups is 3. The van der Waals surface area contributed by atoms with E-state index in [1.54, 1.807) is 0 Å². The van der Waals surface area contributed by atoms with Crippen molar-refractivity contribution in [1.82, 2.24) is 15.0 Å². The zero-order chi connectivity index (χ0) is 59.5. The molecule has 3 aliphatic carbocycles. The number of rotatable bonds is 22. The average Bonchev–Trinajstić information content (AvgIpc) is 1.02. The molecule has 84 heavy (non-hydrogen) atoms. The summed E-state index contributed by atoms with van der Waals surface area (Å²) in [7, 11) is 0.599. The molecular formula is C69H77FN4O9Si. The lowest BCUT2D eigenvalue weighted by Gasteiger charge is -2.55. The number of benzene rings is 6. The summed E-state index contributed by atoms with van der Waals surface area (Å²) < 4.78 is 52.3. The van der Waals surface area contributed by atoms with E-state index in [4.69, 9.17) is 23.2 Å². The minimum absolute atomic E-state index is 0.00287. The number of hydrogen-bond donors (Lipinski definition) is 1. The van der Waals surface area contributed by atoms with Crippen molar-refractivity contribution in [3.05, 3.63) is 219 Å². The van der Waals surface area contributed by atoms with Gasteiger partial charge in [0.25, 0.3) is 5.88 Å². The van der Waals surface area contributed by atoms with E-state index in [0.29, 0.717) is 12.2 Å². The smallest absolute Gasteiger partial charge is 0.320 e. The minimum atomic E-state index is -3.12. The Morgan fingerprint density at radius 3 is 1.76 bits per heavy atom. The minimum Gasteiger partial charge on any atom is -0.507 e. The lowest BCUT2D eigenvalue weighted by molar-refractivity contribution is -0.146. The Bertz CT molecular complexity index is 3460. The van der Waals surface area contributed by atoms with Crippen LogP contribution in [0.5, 0.6) is 11.6 Å². The van der Waals surface area contributed by atoms with Crippen molar-refractivity contribution in [3.63, 3.8) is 0 Å². The SMILES string of the molecule is CC(C)CN(CC(=O)OCc1ccccc1)Cc1c(F)c2c(c(OCc3ccccc3)c1N(Cc1ccccc1)Cc1ccccc1)C(O)=C1C(=O)C3(O[Si](C)(C)C(C)(C)C)C(=O)c4c(OCc5ccccc5)noc4[C@@H](N(C)C)[C@@H]3C[C@@H]1C2. The third kappa shape index (κ3) is 12.1. The molecule has 438 valence electrons. The van der Waals surface area contributed by atoms with E-state index in [1.807, 2.05) is 189 Å². The lowest BCUT2D eigenvalue weighted by Crippen LogP contribution is -2.68. The fourth-order valence-electron chi connectivity index (χ4n) is 12.1. The summed E-state index contributed by atoms with van der Waals surface area (Å²) in [5, 5.41) is 17.5. The van der Waals surface area contributed by atoms with Crippen LogP contribution >= 0.6 is 0 Å². The normalized spacial score (nSPS) is 18.6. The fourth-order valence-corrected chi connectivity index (χ4v) is 13.6. The van der Waals surface area contributed by atoms with Gasteiger partial charge in [-0.1, -0.05) is 186 Å². The van der Waals surface area contributed by atoms with Gasteiger partial charge in [0.05, 0.1) is 23.8 Å². The van der Waals surface area contributed by atoms with Crippen LogP contribution < -0.4 is 14.4 Å². The number of ketones is 2. The first kappa shape index (κ1) is 59.5. The molecule has 7 aromatic rings. The van der Waals surface area contributed by atoms with E-state index >= 15 is 14.0 Å². The first-order chi connectivity index (χ1) is 40.2. The Kier molecular flexibility index (Phi) is 17.6. The predicted molar refractivity (Wildman–Crippen MR) is 325 cm³/mol. The van der Waals surface area contributed by atoms with Gasteiger partial charge in [0, 0.05) is 48.8 Å². The molecule has 6 aromatic carbocycles.